The Balaban J connectivity index is 1.39. The van der Waals surface area contributed by atoms with Gasteiger partial charge in [0, 0.05) is 29.8 Å². The highest BCUT2D eigenvalue weighted by atomic mass is 32.2. The highest BCUT2D eigenvalue weighted by molar-refractivity contribution is 8.00. The van der Waals surface area contributed by atoms with Gasteiger partial charge in [0.2, 0.25) is 11.0 Å². The summed E-state index contributed by atoms with van der Waals surface area (Å²) in [6.45, 7) is 1.54. The number of nitrogens with zero attached hydrogens (tertiary/aromatic N) is 4. The van der Waals surface area contributed by atoms with Crippen molar-refractivity contribution < 1.29 is 9.53 Å². The number of hydrogen-bond acceptors (Lipinski definition) is 9. The summed E-state index contributed by atoms with van der Waals surface area (Å²) >= 11 is 4.49. The Bertz CT molecular complexity index is 1160. The second-order valence-corrected chi connectivity index (χ2v) is 9.37. The Hall–Kier alpha value is -2.95. The van der Waals surface area contributed by atoms with Gasteiger partial charge in [0.25, 0.3) is 0 Å². The van der Waals surface area contributed by atoms with Crippen LogP contribution < -0.4 is 15.0 Å². The van der Waals surface area contributed by atoms with E-state index in [0.717, 1.165) is 27.2 Å². The van der Waals surface area contributed by atoms with E-state index in [-0.39, 0.29) is 5.91 Å². The lowest BCUT2D eigenvalue weighted by molar-refractivity contribution is -0.115. The molecule has 1 amide bonds. The van der Waals surface area contributed by atoms with Gasteiger partial charge in [-0.3, -0.25) is 9.69 Å². The molecule has 7 nitrogen and oxygen atoms in total. The number of benzene rings is 2. The lowest BCUT2D eigenvalue weighted by atomic mass is 10.3. The van der Waals surface area contributed by atoms with Gasteiger partial charge < -0.3 is 10.1 Å². The van der Waals surface area contributed by atoms with E-state index in [1.165, 1.54) is 22.7 Å². The fraction of sp³-hybridized carbons (Fsp3) is 0.143. The minimum atomic E-state index is -0.0721. The fourth-order valence-corrected chi connectivity index (χ4v) is 5.40. The number of hydrogen-bond donors (Lipinski definition) is 1. The second kappa shape index (κ2) is 9.90. The van der Waals surface area contributed by atoms with Crippen LogP contribution in [0.2, 0.25) is 0 Å². The van der Waals surface area contributed by atoms with Gasteiger partial charge >= 0.3 is 0 Å². The van der Waals surface area contributed by atoms with Gasteiger partial charge in [-0.15, -0.1) is 21.5 Å². The summed E-state index contributed by atoms with van der Waals surface area (Å²) < 4.78 is 6.08. The van der Waals surface area contributed by atoms with Crippen molar-refractivity contribution in [1.82, 2.24) is 15.2 Å². The van der Waals surface area contributed by atoms with Crippen LogP contribution >= 0.6 is 34.4 Å². The molecule has 31 heavy (non-hydrogen) atoms. The van der Waals surface area contributed by atoms with Crippen LogP contribution in [0.4, 0.5) is 21.6 Å². The Morgan fingerprint density at radius 2 is 2.00 bits per heavy atom. The van der Waals surface area contributed by atoms with Gasteiger partial charge in [-0.2, -0.15) is 0 Å². The third kappa shape index (κ3) is 5.40. The van der Waals surface area contributed by atoms with Crippen molar-refractivity contribution in [3.8, 4) is 5.75 Å². The normalized spacial score (nSPS) is 10.6. The quantitative estimate of drug-likeness (QED) is 0.330. The molecule has 0 spiro atoms. The predicted octanol–water partition coefficient (Wildman–Crippen LogP) is 5.72. The minimum absolute atomic E-state index is 0.0721. The summed E-state index contributed by atoms with van der Waals surface area (Å²) in [5, 5.41) is 15.0. The molecule has 1 N–H and O–H groups in total. The van der Waals surface area contributed by atoms with Crippen LogP contribution in [0.1, 0.15) is 12.6 Å². The molecule has 0 aliphatic carbocycles. The molecule has 0 bridgehead atoms. The molecule has 10 heteroatoms. The molecule has 0 fully saturated rings. The van der Waals surface area contributed by atoms with Gasteiger partial charge in [-0.05, 0) is 24.3 Å². The number of carbonyl (C=O) groups excluding carboxylic acids is 1. The lowest BCUT2D eigenvalue weighted by Gasteiger charge is -2.17. The first-order chi connectivity index (χ1) is 15.1. The van der Waals surface area contributed by atoms with E-state index >= 15 is 0 Å². The van der Waals surface area contributed by atoms with Crippen molar-refractivity contribution in [1.29, 1.82) is 0 Å². The Kier molecular flexibility index (Phi) is 6.80. The van der Waals surface area contributed by atoms with Crippen LogP contribution in [-0.4, -0.2) is 28.2 Å². The number of ether oxygens (including phenoxy) is 1. The fourth-order valence-electron chi connectivity index (χ4n) is 2.75. The number of carbonyl (C=O) groups is 1. The number of aromatic nitrogens is 3. The van der Waals surface area contributed by atoms with Crippen LogP contribution in [0.3, 0.4) is 0 Å². The van der Waals surface area contributed by atoms with Crippen molar-refractivity contribution in [2.75, 3.05) is 17.3 Å². The third-order valence-electron chi connectivity index (χ3n) is 4.13. The van der Waals surface area contributed by atoms with E-state index in [9.17, 15) is 4.79 Å². The zero-order valence-corrected chi connectivity index (χ0v) is 19.3. The maximum absolute atomic E-state index is 12.2. The van der Waals surface area contributed by atoms with Crippen molar-refractivity contribution >= 4 is 62.0 Å². The SMILES string of the molecule is COc1cccc(Nc2nnc(SCc3csc(N(C(C)=O)c4ccccc4)n3)s2)c1. The highest BCUT2D eigenvalue weighted by Crippen LogP contribution is 2.33. The van der Waals surface area contributed by atoms with Crippen LogP contribution in [0, 0.1) is 0 Å². The predicted molar refractivity (Wildman–Crippen MR) is 127 cm³/mol. The number of thiazole rings is 1. The molecule has 0 atom stereocenters. The number of nitrogens with one attached hydrogen (secondary N) is 1. The summed E-state index contributed by atoms with van der Waals surface area (Å²) in [6, 6.07) is 17.2. The number of amides is 1. The standard InChI is InChI=1S/C21H19N5O2S3/c1-14(27)26(17-8-4-3-5-9-17)20-23-16(12-29-20)13-30-21-25-24-19(31-21)22-15-7-6-10-18(11-15)28-2/h3-12H,13H2,1-2H3,(H,22,24). The number of anilines is 4. The Morgan fingerprint density at radius 1 is 1.16 bits per heavy atom. The highest BCUT2D eigenvalue weighted by Gasteiger charge is 2.18. The number of para-hydroxylation sites is 1. The maximum Gasteiger partial charge on any atom is 0.230 e. The van der Waals surface area contributed by atoms with E-state index in [1.807, 2.05) is 60.0 Å². The van der Waals surface area contributed by atoms with Crippen molar-refractivity contribution in [2.24, 2.45) is 0 Å². The average molecular weight is 470 g/mol. The van der Waals surface area contributed by atoms with E-state index in [0.29, 0.717) is 16.0 Å². The molecule has 0 aliphatic heterocycles. The molecule has 2 aromatic carbocycles. The zero-order chi connectivity index (χ0) is 21.6. The van der Waals surface area contributed by atoms with Gasteiger partial charge in [-0.25, -0.2) is 4.98 Å². The monoisotopic (exact) mass is 469 g/mol. The molecular formula is C21H19N5O2S3. The number of methoxy groups -OCH3 is 1. The molecule has 4 rings (SSSR count). The smallest absolute Gasteiger partial charge is 0.230 e. The summed E-state index contributed by atoms with van der Waals surface area (Å²) in [4.78, 5) is 18.5. The number of rotatable bonds is 8. The van der Waals surface area contributed by atoms with Crippen LogP contribution in [0.25, 0.3) is 0 Å². The first kappa shape index (κ1) is 21.3. The minimum Gasteiger partial charge on any atom is -0.497 e. The van der Waals surface area contributed by atoms with Gasteiger partial charge in [0.1, 0.15) is 5.75 Å². The Morgan fingerprint density at radius 3 is 2.77 bits per heavy atom. The molecule has 0 radical (unpaired) electrons. The molecule has 0 saturated heterocycles. The molecule has 2 heterocycles. The topological polar surface area (TPSA) is 80.2 Å². The van der Waals surface area contributed by atoms with Crippen molar-refractivity contribution in [2.45, 2.75) is 17.0 Å². The van der Waals surface area contributed by atoms with Gasteiger partial charge in [0.15, 0.2) is 9.47 Å². The average Bonchev–Trinajstić information content (AvgIpc) is 3.43. The summed E-state index contributed by atoms with van der Waals surface area (Å²) in [7, 11) is 1.64. The first-order valence-electron chi connectivity index (χ1n) is 9.30. The second-order valence-electron chi connectivity index (χ2n) is 6.33. The maximum atomic E-state index is 12.2. The molecule has 4 aromatic rings. The van der Waals surface area contributed by atoms with E-state index in [1.54, 1.807) is 30.7 Å². The van der Waals surface area contributed by atoms with Crippen molar-refractivity contribution in [3.63, 3.8) is 0 Å². The summed E-state index contributed by atoms with van der Waals surface area (Å²) in [5.41, 5.74) is 2.59. The van der Waals surface area contributed by atoms with E-state index < -0.39 is 0 Å². The molecule has 0 saturated carbocycles. The zero-order valence-electron chi connectivity index (χ0n) is 16.8. The third-order valence-corrected chi connectivity index (χ3v) is 7.01. The lowest BCUT2D eigenvalue weighted by Crippen LogP contribution is -2.22. The summed E-state index contributed by atoms with van der Waals surface area (Å²) in [5.74, 6) is 1.35. The number of thioether (sulfide) groups is 1. The largest absolute Gasteiger partial charge is 0.497 e. The van der Waals surface area contributed by atoms with Crippen LogP contribution in [-0.2, 0) is 10.5 Å². The Labute approximate surface area is 192 Å². The molecule has 2 aromatic heterocycles. The van der Waals surface area contributed by atoms with Gasteiger partial charge in [-0.1, -0.05) is 47.4 Å². The van der Waals surface area contributed by atoms with Gasteiger partial charge in [0.05, 0.1) is 18.5 Å². The molecule has 0 aliphatic rings. The summed E-state index contributed by atoms with van der Waals surface area (Å²) in [6.07, 6.45) is 0. The van der Waals surface area contributed by atoms with Crippen LogP contribution in [0.5, 0.6) is 5.75 Å². The molecule has 0 unspecified atom stereocenters. The molecule has 158 valence electrons. The van der Waals surface area contributed by atoms with Crippen molar-refractivity contribution in [3.05, 3.63) is 65.7 Å². The van der Waals surface area contributed by atoms with E-state index in [4.69, 9.17) is 4.74 Å². The van der Waals surface area contributed by atoms with E-state index in [2.05, 4.69) is 20.5 Å². The molecular weight excluding hydrogens is 450 g/mol. The van der Waals surface area contributed by atoms with Crippen LogP contribution in [0.15, 0.2) is 64.3 Å². The first-order valence-corrected chi connectivity index (χ1v) is 12.0.